The van der Waals surface area contributed by atoms with Crippen molar-refractivity contribution in [3.05, 3.63) is 88.9 Å². The highest BCUT2D eigenvalue weighted by Crippen LogP contribution is 2.42. The van der Waals surface area contributed by atoms with E-state index in [0.29, 0.717) is 34.7 Å². The third-order valence-corrected chi connectivity index (χ3v) is 6.06. The molecule has 0 saturated carbocycles. The van der Waals surface area contributed by atoms with Gasteiger partial charge in [-0.05, 0) is 41.7 Å². The first-order chi connectivity index (χ1) is 15.0. The Morgan fingerprint density at radius 1 is 0.968 bits per heavy atom. The number of likely N-dealkylation sites (tertiary alicyclic amines) is 1. The van der Waals surface area contributed by atoms with Gasteiger partial charge in [0.25, 0.3) is 5.91 Å². The van der Waals surface area contributed by atoms with E-state index < -0.39 is 18.1 Å². The van der Waals surface area contributed by atoms with Crippen molar-refractivity contribution < 1.29 is 19.4 Å². The maximum absolute atomic E-state index is 14.0. The van der Waals surface area contributed by atoms with Crippen molar-refractivity contribution in [3.8, 4) is 16.9 Å². The number of rotatable bonds is 5. The molecule has 0 radical (unpaired) electrons. The second-order valence-electron chi connectivity index (χ2n) is 7.43. The fourth-order valence-electron chi connectivity index (χ4n) is 4.30. The molecular formula is C25H22ClNO4. The summed E-state index contributed by atoms with van der Waals surface area (Å²) in [4.78, 5) is 27.5. The van der Waals surface area contributed by atoms with E-state index in [4.69, 9.17) is 16.3 Å². The number of halogens is 1. The molecule has 1 aliphatic heterocycles. The van der Waals surface area contributed by atoms with Gasteiger partial charge in [-0.15, -0.1) is 0 Å². The molecule has 3 aromatic rings. The quantitative estimate of drug-likeness (QED) is 0.579. The number of ether oxygens (including phenoxy) is 1. The summed E-state index contributed by atoms with van der Waals surface area (Å²) in [5, 5.41) is 10.4. The maximum atomic E-state index is 14.0. The average Bonchev–Trinajstić information content (AvgIpc) is 3.24. The van der Waals surface area contributed by atoms with Crippen LogP contribution in [0, 0.1) is 0 Å². The van der Waals surface area contributed by atoms with Crippen molar-refractivity contribution in [2.24, 2.45) is 0 Å². The first-order valence-corrected chi connectivity index (χ1v) is 10.4. The van der Waals surface area contributed by atoms with E-state index in [1.54, 1.807) is 12.1 Å². The molecule has 158 valence electrons. The first kappa shape index (κ1) is 20.9. The second kappa shape index (κ2) is 8.82. The third kappa shape index (κ3) is 3.89. The van der Waals surface area contributed by atoms with Gasteiger partial charge in [0.2, 0.25) is 0 Å². The van der Waals surface area contributed by atoms with Gasteiger partial charge >= 0.3 is 5.97 Å². The molecule has 1 heterocycles. The molecule has 0 unspecified atom stereocenters. The van der Waals surface area contributed by atoms with Gasteiger partial charge in [0.15, 0.2) is 0 Å². The van der Waals surface area contributed by atoms with Crippen molar-refractivity contribution in [3.63, 3.8) is 0 Å². The molecule has 6 heteroatoms. The molecule has 3 aromatic carbocycles. The van der Waals surface area contributed by atoms with Crippen LogP contribution in [0.3, 0.4) is 0 Å². The minimum atomic E-state index is -1.03. The van der Waals surface area contributed by atoms with Crippen LogP contribution in [0.25, 0.3) is 11.1 Å². The molecule has 1 N–H and O–H groups in total. The molecule has 1 aliphatic rings. The van der Waals surface area contributed by atoms with Crippen LogP contribution >= 0.6 is 11.6 Å². The van der Waals surface area contributed by atoms with E-state index in [1.807, 2.05) is 60.7 Å². The Bertz CT molecular complexity index is 1120. The van der Waals surface area contributed by atoms with Crippen LogP contribution in [0.2, 0.25) is 5.02 Å². The van der Waals surface area contributed by atoms with Crippen LogP contribution < -0.4 is 4.74 Å². The number of amides is 1. The molecule has 0 aromatic heterocycles. The van der Waals surface area contributed by atoms with Gasteiger partial charge in [-0.1, -0.05) is 72.3 Å². The van der Waals surface area contributed by atoms with Crippen molar-refractivity contribution in [1.29, 1.82) is 0 Å². The lowest BCUT2D eigenvalue weighted by Gasteiger charge is -2.30. The minimum absolute atomic E-state index is 0.349. The smallest absolute Gasteiger partial charge is 0.326 e. The summed E-state index contributed by atoms with van der Waals surface area (Å²) in [6.45, 7) is 0. The lowest BCUT2D eigenvalue weighted by molar-refractivity contribution is -0.141. The molecule has 5 nitrogen and oxygen atoms in total. The van der Waals surface area contributed by atoms with Gasteiger partial charge in [-0.25, -0.2) is 4.79 Å². The number of benzene rings is 3. The molecule has 1 amide bonds. The van der Waals surface area contributed by atoms with Gasteiger partial charge in [-0.3, -0.25) is 4.79 Å². The van der Waals surface area contributed by atoms with Crippen molar-refractivity contribution >= 4 is 23.5 Å². The fourth-order valence-corrected chi connectivity index (χ4v) is 4.56. The molecule has 0 bridgehead atoms. The van der Waals surface area contributed by atoms with E-state index in [9.17, 15) is 14.7 Å². The van der Waals surface area contributed by atoms with E-state index in [-0.39, 0.29) is 5.91 Å². The number of hydrogen-bond donors (Lipinski definition) is 1. The summed E-state index contributed by atoms with van der Waals surface area (Å²) in [7, 11) is 1.51. The standard InChI is InChI=1S/C25H22ClNO4/c1-31-22-13-7-11-17(16-8-3-2-4-9-16)23(22)24(28)27-20(14-15-21(27)25(29)30)18-10-5-6-12-19(18)26/h2-13,20-21H,14-15H2,1H3,(H,29,30)/t20-,21-/m1/s1. The van der Waals surface area contributed by atoms with Crippen LogP contribution in [0.1, 0.15) is 34.8 Å². The lowest BCUT2D eigenvalue weighted by atomic mass is 9.96. The summed E-state index contributed by atoms with van der Waals surface area (Å²) in [5.41, 5.74) is 2.64. The monoisotopic (exact) mass is 435 g/mol. The predicted molar refractivity (Wildman–Crippen MR) is 119 cm³/mol. The van der Waals surface area contributed by atoms with Gasteiger partial charge in [0, 0.05) is 5.02 Å². The van der Waals surface area contributed by atoms with E-state index in [0.717, 1.165) is 11.1 Å². The van der Waals surface area contributed by atoms with Crippen LogP contribution in [0.15, 0.2) is 72.8 Å². The van der Waals surface area contributed by atoms with Crippen molar-refractivity contribution in [2.75, 3.05) is 7.11 Å². The largest absolute Gasteiger partial charge is 0.496 e. The predicted octanol–water partition coefficient (Wildman–Crippen LogP) is 5.45. The topological polar surface area (TPSA) is 66.8 Å². The highest BCUT2D eigenvalue weighted by Gasteiger charge is 2.43. The van der Waals surface area contributed by atoms with Crippen LogP contribution in [0.5, 0.6) is 5.75 Å². The van der Waals surface area contributed by atoms with Gasteiger partial charge in [0.1, 0.15) is 11.8 Å². The molecule has 1 fully saturated rings. The van der Waals surface area contributed by atoms with Gasteiger partial charge in [0.05, 0.1) is 18.7 Å². The molecule has 0 spiro atoms. The van der Waals surface area contributed by atoms with Gasteiger partial charge < -0.3 is 14.7 Å². The van der Waals surface area contributed by atoms with Crippen molar-refractivity contribution in [2.45, 2.75) is 24.9 Å². The zero-order valence-electron chi connectivity index (χ0n) is 17.0. The average molecular weight is 436 g/mol. The van der Waals surface area contributed by atoms with E-state index in [1.165, 1.54) is 12.0 Å². The fraction of sp³-hybridized carbons (Fsp3) is 0.200. The lowest BCUT2D eigenvalue weighted by Crippen LogP contribution is -2.42. The highest BCUT2D eigenvalue weighted by molar-refractivity contribution is 6.31. The molecule has 31 heavy (non-hydrogen) atoms. The SMILES string of the molecule is COc1cccc(-c2ccccc2)c1C(=O)N1[C@@H](C(=O)O)CC[C@@H]1c1ccccc1Cl. The zero-order valence-corrected chi connectivity index (χ0v) is 17.8. The Balaban J connectivity index is 1.87. The summed E-state index contributed by atoms with van der Waals surface area (Å²) in [5.74, 6) is -1.01. The van der Waals surface area contributed by atoms with E-state index in [2.05, 4.69) is 0 Å². The number of hydrogen-bond acceptors (Lipinski definition) is 3. The molecular weight excluding hydrogens is 414 g/mol. The molecule has 4 rings (SSSR count). The van der Waals surface area contributed by atoms with E-state index >= 15 is 0 Å². The molecule has 1 saturated heterocycles. The Kier molecular flexibility index (Phi) is 5.96. The minimum Gasteiger partial charge on any atom is -0.496 e. The number of carbonyl (C=O) groups is 2. The Labute approximate surface area is 185 Å². The van der Waals surface area contributed by atoms with Crippen LogP contribution in [-0.4, -0.2) is 35.0 Å². The normalized spacial score (nSPS) is 18.1. The Morgan fingerprint density at radius 3 is 2.35 bits per heavy atom. The number of nitrogens with zero attached hydrogens (tertiary/aromatic N) is 1. The third-order valence-electron chi connectivity index (χ3n) is 5.71. The Hall–Kier alpha value is -3.31. The number of aliphatic carboxylic acids is 1. The van der Waals surface area contributed by atoms with Crippen molar-refractivity contribution in [1.82, 2.24) is 4.90 Å². The Morgan fingerprint density at radius 2 is 1.68 bits per heavy atom. The maximum Gasteiger partial charge on any atom is 0.326 e. The zero-order chi connectivity index (χ0) is 22.0. The molecule has 0 aliphatic carbocycles. The number of carbonyl (C=O) groups excluding carboxylic acids is 1. The summed E-state index contributed by atoms with van der Waals surface area (Å²) < 4.78 is 5.53. The van der Waals surface area contributed by atoms with Crippen LogP contribution in [0.4, 0.5) is 0 Å². The van der Waals surface area contributed by atoms with Gasteiger partial charge in [-0.2, -0.15) is 0 Å². The summed E-state index contributed by atoms with van der Waals surface area (Å²) >= 11 is 6.42. The second-order valence-corrected chi connectivity index (χ2v) is 7.84. The molecule has 2 atom stereocenters. The number of methoxy groups -OCH3 is 1. The summed E-state index contributed by atoms with van der Waals surface area (Å²) in [6, 6.07) is 20.8. The van der Waals surface area contributed by atoms with Crippen LogP contribution in [-0.2, 0) is 4.79 Å². The highest BCUT2D eigenvalue weighted by atomic mass is 35.5. The summed E-state index contributed by atoms with van der Waals surface area (Å²) in [6.07, 6.45) is 0.870. The number of carboxylic acids is 1. The number of carboxylic acid groups (broad SMARTS) is 1. The first-order valence-electron chi connectivity index (χ1n) is 10.0.